The van der Waals surface area contributed by atoms with E-state index in [1.54, 1.807) is 0 Å². The first-order valence-electron chi connectivity index (χ1n) is 5.49. The molecule has 76 valence electrons. The van der Waals surface area contributed by atoms with Crippen LogP contribution in [0.15, 0.2) is 25.3 Å². The Morgan fingerprint density at radius 1 is 1.43 bits per heavy atom. The van der Waals surface area contributed by atoms with Crippen LogP contribution < -0.4 is 0 Å². The van der Waals surface area contributed by atoms with Crippen molar-refractivity contribution < 1.29 is 4.79 Å². The predicted octanol–water partition coefficient (Wildman–Crippen LogP) is 3.12. The average molecular weight is 190 g/mol. The van der Waals surface area contributed by atoms with Crippen LogP contribution in [0.4, 0.5) is 0 Å². The molecule has 1 nitrogen and oxygen atoms in total. The van der Waals surface area contributed by atoms with Crippen molar-refractivity contribution >= 4 is 5.78 Å². The summed E-state index contributed by atoms with van der Waals surface area (Å²) in [4.78, 5) is 12.2. The highest BCUT2D eigenvalue weighted by Crippen LogP contribution is 2.57. The Kier molecular flexibility index (Phi) is 2.34. The van der Waals surface area contributed by atoms with Gasteiger partial charge in [0.1, 0.15) is 5.78 Å². The molecule has 0 radical (unpaired) electrons. The number of hydrogen-bond donors (Lipinski definition) is 0. The van der Waals surface area contributed by atoms with Crippen LogP contribution in [0.25, 0.3) is 0 Å². The van der Waals surface area contributed by atoms with Gasteiger partial charge in [0.15, 0.2) is 0 Å². The first-order valence-corrected chi connectivity index (χ1v) is 5.49. The highest BCUT2D eigenvalue weighted by atomic mass is 16.1. The highest BCUT2D eigenvalue weighted by molar-refractivity contribution is 5.90. The molecular weight excluding hydrogens is 172 g/mol. The Labute approximate surface area is 85.9 Å². The van der Waals surface area contributed by atoms with E-state index >= 15 is 0 Å². The van der Waals surface area contributed by atoms with E-state index in [9.17, 15) is 4.79 Å². The second-order valence-corrected chi connectivity index (χ2v) is 4.77. The van der Waals surface area contributed by atoms with Gasteiger partial charge in [-0.3, -0.25) is 4.79 Å². The summed E-state index contributed by atoms with van der Waals surface area (Å²) in [7, 11) is 0. The lowest BCUT2D eigenvalue weighted by atomic mass is 9.75. The molecule has 0 amide bonds. The van der Waals surface area contributed by atoms with Crippen LogP contribution >= 0.6 is 0 Å². The van der Waals surface area contributed by atoms with Gasteiger partial charge in [0.2, 0.25) is 0 Å². The van der Waals surface area contributed by atoms with E-state index in [1.807, 2.05) is 12.2 Å². The fourth-order valence-corrected chi connectivity index (χ4v) is 3.38. The van der Waals surface area contributed by atoms with Gasteiger partial charge in [-0.25, -0.2) is 0 Å². The van der Waals surface area contributed by atoms with Crippen molar-refractivity contribution in [1.82, 2.24) is 0 Å². The summed E-state index contributed by atoms with van der Waals surface area (Å²) < 4.78 is 0. The van der Waals surface area contributed by atoms with E-state index < -0.39 is 0 Å². The minimum absolute atomic E-state index is 0.0138. The van der Waals surface area contributed by atoms with Crippen LogP contribution in [0.5, 0.6) is 0 Å². The lowest BCUT2D eigenvalue weighted by Gasteiger charge is -2.27. The van der Waals surface area contributed by atoms with Crippen LogP contribution in [-0.4, -0.2) is 5.78 Å². The SMILES string of the molecule is C=CCC1C(=O)C2(CC=C)CCC1C2. The molecule has 2 aliphatic rings. The summed E-state index contributed by atoms with van der Waals surface area (Å²) in [5, 5.41) is 0. The summed E-state index contributed by atoms with van der Waals surface area (Å²) in [6.45, 7) is 7.51. The number of Topliss-reactive ketones (excluding diaryl/α,β-unsaturated/α-hetero) is 1. The molecule has 2 fully saturated rings. The average Bonchev–Trinajstić information content (AvgIpc) is 2.67. The summed E-state index contributed by atoms with van der Waals surface area (Å²) in [5.74, 6) is 1.41. The maximum absolute atomic E-state index is 12.2. The van der Waals surface area contributed by atoms with Gasteiger partial charge in [0.05, 0.1) is 0 Å². The third kappa shape index (κ3) is 1.18. The smallest absolute Gasteiger partial charge is 0.143 e. The zero-order valence-electron chi connectivity index (χ0n) is 8.67. The molecule has 3 unspecified atom stereocenters. The Hall–Kier alpha value is -0.850. The second kappa shape index (κ2) is 3.38. The van der Waals surface area contributed by atoms with E-state index in [2.05, 4.69) is 13.2 Å². The zero-order chi connectivity index (χ0) is 10.2. The molecular formula is C13H18O. The molecule has 2 rings (SSSR count). The van der Waals surface area contributed by atoms with Gasteiger partial charge in [-0.2, -0.15) is 0 Å². The Morgan fingerprint density at radius 2 is 2.21 bits per heavy atom. The minimum Gasteiger partial charge on any atom is -0.299 e. The lowest BCUT2D eigenvalue weighted by molar-refractivity contribution is -0.130. The first kappa shape index (κ1) is 9.70. The Balaban J connectivity index is 2.19. The van der Waals surface area contributed by atoms with Crippen molar-refractivity contribution in [1.29, 1.82) is 0 Å². The fourth-order valence-electron chi connectivity index (χ4n) is 3.38. The summed E-state index contributed by atoms with van der Waals surface area (Å²) in [5.41, 5.74) is -0.0138. The van der Waals surface area contributed by atoms with Gasteiger partial charge in [-0.1, -0.05) is 12.2 Å². The molecule has 0 spiro atoms. The number of allylic oxidation sites excluding steroid dienone is 2. The van der Waals surface area contributed by atoms with Crippen molar-refractivity contribution in [2.45, 2.75) is 32.1 Å². The van der Waals surface area contributed by atoms with Crippen LogP contribution in [0, 0.1) is 17.3 Å². The minimum atomic E-state index is -0.0138. The largest absolute Gasteiger partial charge is 0.299 e. The van der Waals surface area contributed by atoms with Crippen molar-refractivity contribution in [3.05, 3.63) is 25.3 Å². The molecule has 2 saturated carbocycles. The van der Waals surface area contributed by atoms with Crippen molar-refractivity contribution in [2.75, 3.05) is 0 Å². The van der Waals surface area contributed by atoms with Gasteiger partial charge >= 0.3 is 0 Å². The van der Waals surface area contributed by atoms with Crippen molar-refractivity contribution in [3.8, 4) is 0 Å². The monoisotopic (exact) mass is 190 g/mol. The number of carbonyl (C=O) groups excluding carboxylic acids is 1. The van der Waals surface area contributed by atoms with Gasteiger partial charge in [0, 0.05) is 11.3 Å². The predicted molar refractivity (Wildman–Crippen MR) is 57.9 cm³/mol. The second-order valence-electron chi connectivity index (χ2n) is 4.77. The normalized spacial score (nSPS) is 40.1. The van der Waals surface area contributed by atoms with E-state index in [1.165, 1.54) is 6.42 Å². The van der Waals surface area contributed by atoms with E-state index in [-0.39, 0.29) is 11.3 Å². The third-order valence-corrected chi connectivity index (χ3v) is 4.03. The van der Waals surface area contributed by atoms with Crippen molar-refractivity contribution in [3.63, 3.8) is 0 Å². The highest BCUT2D eigenvalue weighted by Gasteiger charge is 2.55. The molecule has 0 N–H and O–H groups in total. The maximum atomic E-state index is 12.2. The Bertz CT molecular complexity index is 279. The van der Waals surface area contributed by atoms with Gasteiger partial charge < -0.3 is 0 Å². The van der Waals surface area contributed by atoms with E-state index in [0.29, 0.717) is 11.7 Å². The summed E-state index contributed by atoms with van der Waals surface area (Å²) >= 11 is 0. The molecule has 0 aromatic rings. The fraction of sp³-hybridized carbons (Fsp3) is 0.615. The zero-order valence-corrected chi connectivity index (χ0v) is 8.67. The molecule has 0 heterocycles. The number of fused-ring (bicyclic) bond motifs is 2. The standard InChI is InChI=1S/C13H18O/c1-3-5-11-10-6-8-13(9-10,7-4-2)12(11)14/h3-4,10-11H,1-2,5-9H2. The molecule has 0 aromatic carbocycles. The van der Waals surface area contributed by atoms with E-state index in [0.717, 1.165) is 25.7 Å². The van der Waals surface area contributed by atoms with Gasteiger partial charge in [-0.15, -0.1) is 13.2 Å². The molecule has 0 aliphatic heterocycles. The Morgan fingerprint density at radius 3 is 2.86 bits per heavy atom. The number of carbonyl (C=O) groups is 1. The molecule has 0 saturated heterocycles. The molecule has 0 aromatic heterocycles. The number of hydrogen-bond acceptors (Lipinski definition) is 1. The van der Waals surface area contributed by atoms with Crippen LogP contribution in [0.3, 0.4) is 0 Å². The summed E-state index contributed by atoms with van der Waals surface area (Å²) in [6, 6.07) is 0. The number of rotatable bonds is 4. The first-order chi connectivity index (χ1) is 6.73. The number of ketones is 1. The van der Waals surface area contributed by atoms with Gasteiger partial charge in [-0.05, 0) is 38.0 Å². The van der Waals surface area contributed by atoms with Gasteiger partial charge in [0.25, 0.3) is 0 Å². The quantitative estimate of drug-likeness (QED) is 0.622. The summed E-state index contributed by atoms with van der Waals surface area (Å²) in [6.07, 6.45) is 9.00. The molecule has 2 bridgehead atoms. The van der Waals surface area contributed by atoms with Crippen LogP contribution in [0.2, 0.25) is 0 Å². The molecule has 2 aliphatic carbocycles. The van der Waals surface area contributed by atoms with Crippen LogP contribution in [0.1, 0.15) is 32.1 Å². The lowest BCUT2D eigenvalue weighted by Crippen LogP contribution is -2.30. The van der Waals surface area contributed by atoms with Crippen molar-refractivity contribution in [2.24, 2.45) is 17.3 Å². The third-order valence-electron chi connectivity index (χ3n) is 4.03. The topological polar surface area (TPSA) is 17.1 Å². The van der Waals surface area contributed by atoms with E-state index in [4.69, 9.17) is 0 Å². The molecule has 14 heavy (non-hydrogen) atoms. The molecule has 1 heteroatoms. The van der Waals surface area contributed by atoms with Crippen LogP contribution in [-0.2, 0) is 4.79 Å². The molecule has 3 atom stereocenters. The maximum Gasteiger partial charge on any atom is 0.143 e.